The van der Waals surface area contributed by atoms with Crippen LogP contribution >= 0.6 is 15.9 Å². The van der Waals surface area contributed by atoms with Gasteiger partial charge in [0.25, 0.3) is 0 Å². The van der Waals surface area contributed by atoms with Crippen LogP contribution in [0.15, 0.2) is 22.7 Å². The van der Waals surface area contributed by atoms with E-state index in [0.29, 0.717) is 12.8 Å². The van der Waals surface area contributed by atoms with Gasteiger partial charge < -0.3 is 10.4 Å². The van der Waals surface area contributed by atoms with Gasteiger partial charge in [0.1, 0.15) is 0 Å². The normalized spacial score (nSPS) is 22.2. The number of anilines is 1. The number of aliphatic carboxylic acids is 1. The average Bonchev–Trinajstić information content (AvgIpc) is 2.82. The van der Waals surface area contributed by atoms with Crippen LogP contribution < -0.4 is 5.32 Å². The maximum absolute atomic E-state index is 12.2. The van der Waals surface area contributed by atoms with E-state index >= 15 is 0 Å². The third-order valence-electron chi connectivity index (χ3n) is 3.62. The number of rotatable bonds is 3. The Balaban J connectivity index is 2.10. The molecule has 0 saturated heterocycles. The number of aryl methyl sites for hydroxylation is 1. The number of carbonyl (C=O) groups is 2. The van der Waals surface area contributed by atoms with E-state index in [1.54, 1.807) is 0 Å². The number of halogens is 1. The first-order valence-electron chi connectivity index (χ1n) is 6.29. The lowest BCUT2D eigenvalue weighted by molar-refractivity contribution is -0.145. The minimum Gasteiger partial charge on any atom is -0.481 e. The number of benzene rings is 1. The van der Waals surface area contributed by atoms with Gasteiger partial charge in [0.05, 0.1) is 11.8 Å². The molecule has 4 nitrogen and oxygen atoms in total. The second kappa shape index (κ2) is 5.74. The molecule has 1 aliphatic carbocycles. The molecule has 1 amide bonds. The van der Waals surface area contributed by atoms with Crippen LogP contribution in [0.5, 0.6) is 0 Å². The molecule has 0 unspecified atom stereocenters. The van der Waals surface area contributed by atoms with E-state index in [0.717, 1.165) is 22.1 Å². The van der Waals surface area contributed by atoms with Crippen molar-refractivity contribution in [1.29, 1.82) is 0 Å². The van der Waals surface area contributed by atoms with Gasteiger partial charge >= 0.3 is 5.97 Å². The Kier molecular flexibility index (Phi) is 4.24. The fraction of sp³-hybridized carbons (Fsp3) is 0.429. The number of carbonyl (C=O) groups excluding carboxylic acids is 1. The number of carboxylic acids is 1. The van der Waals surface area contributed by atoms with E-state index in [-0.39, 0.29) is 5.91 Å². The molecule has 0 radical (unpaired) electrons. The molecule has 0 spiro atoms. The van der Waals surface area contributed by atoms with E-state index in [1.807, 2.05) is 25.1 Å². The Morgan fingerprint density at radius 2 is 2.00 bits per heavy atom. The molecule has 1 fully saturated rings. The smallest absolute Gasteiger partial charge is 0.307 e. The van der Waals surface area contributed by atoms with Crippen LogP contribution in [0.25, 0.3) is 0 Å². The van der Waals surface area contributed by atoms with Gasteiger partial charge in [-0.1, -0.05) is 22.4 Å². The first kappa shape index (κ1) is 14.1. The van der Waals surface area contributed by atoms with Crippen molar-refractivity contribution in [2.24, 2.45) is 11.8 Å². The summed E-state index contributed by atoms with van der Waals surface area (Å²) in [6, 6.07) is 5.59. The highest BCUT2D eigenvalue weighted by Gasteiger charge is 2.37. The van der Waals surface area contributed by atoms with E-state index in [4.69, 9.17) is 5.11 Å². The lowest BCUT2D eigenvalue weighted by Gasteiger charge is -2.16. The van der Waals surface area contributed by atoms with Gasteiger partial charge in [-0.2, -0.15) is 0 Å². The van der Waals surface area contributed by atoms with Crippen molar-refractivity contribution in [2.45, 2.75) is 26.2 Å². The van der Waals surface area contributed by atoms with Crippen LogP contribution in [0, 0.1) is 18.8 Å². The van der Waals surface area contributed by atoms with Crippen LogP contribution in [-0.2, 0) is 9.59 Å². The minimum absolute atomic E-state index is 0.185. The third kappa shape index (κ3) is 3.15. The van der Waals surface area contributed by atoms with Gasteiger partial charge in [0.15, 0.2) is 0 Å². The highest BCUT2D eigenvalue weighted by Crippen LogP contribution is 2.33. The summed E-state index contributed by atoms with van der Waals surface area (Å²) in [5, 5.41) is 11.9. The molecule has 1 aromatic carbocycles. The summed E-state index contributed by atoms with van der Waals surface area (Å²) in [5.74, 6) is -2.02. The molecule has 0 aromatic heterocycles. The van der Waals surface area contributed by atoms with Crippen molar-refractivity contribution in [2.75, 3.05) is 5.32 Å². The quantitative estimate of drug-likeness (QED) is 0.896. The number of amides is 1. The van der Waals surface area contributed by atoms with Gasteiger partial charge in [-0.3, -0.25) is 9.59 Å². The summed E-state index contributed by atoms with van der Waals surface area (Å²) in [6.45, 7) is 1.91. The molecule has 1 saturated carbocycles. The van der Waals surface area contributed by atoms with Gasteiger partial charge in [-0.25, -0.2) is 0 Å². The molecule has 1 aliphatic rings. The monoisotopic (exact) mass is 325 g/mol. The number of hydrogen-bond acceptors (Lipinski definition) is 2. The van der Waals surface area contributed by atoms with Crippen LogP contribution in [-0.4, -0.2) is 17.0 Å². The van der Waals surface area contributed by atoms with E-state index in [1.165, 1.54) is 0 Å². The molecule has 19 heavy (non-hydrogen) atoms. The summed E-state index contributed by atoms with van der Waals surface area (Å²) in [6.07, 6.45) is 2.04. The molecule has 2 atom stereocenters. The zero-order valence-electron chi connectivity index (χ0n) is 10.6. The van der Waals surface area contributed by atoms with Crippen LogP contribution in [0.2, 0.25) is 0 Å². The van der Waals surface area contributed by atoms with Crippen LogP contribution in [0.1, 0.15) is 24.8 Å². The standard InChI is InChI=1S/C14H16BrNO3/c1-8-7-9(15)5-6-12(8)16-13(17)10-3-2-4-11(10)14(18)19/h5-7,10-11H,2-4H2,1H3,(H,16,17)(H,18,19)/t10-,11+/m1/s1. The Morgan fingerprint density at radius 3 is 2.63 bits per heavy atom. The lowest BCUT2D eigenvalue weighted by atomic mass is 9.95. The number of nitrogens with one attached hydrogen (secondary N) is 1. The van der Waals surface area contributed by atoms with Crippen molar-refractivity contribution in [3.63, 3.8) is 0 Å². The maximum atomic E-state index is 12.2. The van der Waals surface area contributed by atoms with Crippen LogP contribution in [0.3, 0.4) is 0 Å². The topological polar surface area (TPSA) is 66.4 Å². The summed E-state index contributed by atoms with van der Waals surface area (Å²) < 4.78 is 0.951. The van der Waals surface area contributed by atoms with Crippen molar-refractivity contribution >= 4 is 33.5 Å². The summed E-state index contributed by atoms with van der Waals surface area (Å²) in [4.78, 5) is 23.3. The lowest BCUT2D eigenvalue weighted by Crippen LogP contribution is -2.30. The van der Waals surface area contributed by atoms with E-state index in [9.17, 15) is 9.59 Å². The Hall–Kier alpha value is -1.36. The fourth-order valence-corrected chi connectivity index (χ4v) is 3.04. The predicted molar refractivity (Wildman–Crippen MR) is 76.0 cm³/mol. The minimum atomic E-state index is -0.870. The fourth-order valence-electron chi connectivity index (χ4n) is 2.56. The summed E-state index contributed by atoms with van der Waals surface area (Å²) >= 11 is 3.37. The first-order chi connectivity index (χ1) is 8.99. The van der Waals surface area contributed by atoms with Gasteiger partial charge in [-0.05, 0) is 43.5 Å². The van der Waals surface area contributed by atoms with Crippen molar-refractivity contribution in [3.8, 4) is 0 Å². The number of carboxylic acid groups (broad SMARTS) is 1. The summed E-state index contributed by atoms with van der Waals surface area (Å²) in [7, 11) is 0. The van der Waals surface area contributed by atoms with Crippen molar-refractivity contribution in [1.82, 2.24) is 0 Å². The highest BCUT2D eigenvalue weighted by molar-refractivity contribution is 9.10. The van der Waals surface area contributed by atoms with Gasteiger partial charge in [0.2, 0.25) is 5.91 Å². The van der Waals surface area contributed by atoms with Gasteiger partial charge in [0, 0.05) is 10.2 Å². The average molecular weight is 326 g/mol. The molecule has 0 bridgehead atoms. The molecule has 2 rings (SSSR count). The second-order valence-electron chi connectivity index (χ2n) is 4.93. The van der Waals surface area contributed by atoms with Crippen molar-refractivity contribution < 1.29 is 14.7 Å². The molecule has 102 valence electrons. The summed E-state index contributed by atoms with van der Waals surface area (Å²) in [5.41, 5.74) is 1.69. The van der Waals surface area contributed by atoms with E-state index in [2.05, 4.69) is 21.2 Å². The molecule has 0 aliphatic heterocycles. The Bertz CT molecular complexity index is 515. The molecular formula is C14H16BrNO3. The zero-order valence-corrected chi connectivity index (χ0v) is 12.2. The molecule has 1 aromatic rings. The first-order valence-corrected chi connectivity index (χ1v) is 7.08. The number of hydrogen-bond donors (Lipinski definition) is 2. The van der Waals surface area contributed by atoms with E-state index < -0.39 is 17.8 Å². The predicted octanol–water partition coefficient (Wildman–Crippen LogP) is 3.20. The molecule has 0 heterocycles. The second-order valence-corrected chi connectivity index (χ2v) is 5.85. The zero-order chi connectivity index (χ0) is 14.0. The van der Waals surface area contributed by atoms with Crippen LogP contribution in [0.4, 0.5) is 5.69 Å². The Labute approximate surface area is 120 Å². The third-order valence-corrected chi connectivity index (χ3v) is 4.11. The SMILES string of the molecule is Cc1cc(Br)ccc1NC(=O)[C@@H]1CCC[C@@H]1C(=O)O. The molecule has 5 heteroatoms. The molecular weight excluding hydrogens is 310 g/mol. The van der Waals surface area contributed by atoms with Crippen molar-refractivity contribution in [3.05, 3.63) is 28.2 Å². The largest absolute Gasteiger partial charge is 0.481 e. The Morgan fingerprint density at radius 1 is 1.32 bits per heavy atom. The molecule has 2 N–H and O–H groups in total. The maximum Gasteiger partial charge on any atom is 0.307 e. The van der Waals surface area contributed by atoms with Gasteiger partial charge in [-0.15, -0.1) is 0 Å². The highest BCUT2D eigenvalue weighted by atomic mass is 79.9.